The maximum atomic E-state index is 12.6. The molecular weight excluding hydrogens is 435 g/mol. The normalized spacial score (nSPS) is 20.7. The van der Waals surface area contributed by atoms with Crippen molar-refractivity contribution in [2.45, 2.75) is 25.9 Å². The number of carbonyl (C=O) groups excluding carboxylic acids is 2. The van der Waals surface area contributed by atoms with Gasteiger partial charge in [-0.2, -0.15) is 13.2 Å². The second kappa shape index (κ2) is 8.66. The molecule has 1 spiro atoms. The number of carboxylic acids is 1. The quantitative estimate of drug-likeness (QED) is 0.750. The smallest absolute Gasteiger partial charge is 0.475 e. The average Bonchev–Trinajstić information content (AvgIpc) is 3.41. The van der Waals surface area contributed by atoms with E-state index >= 15 is 0 Å². The van der Waals surface area contributed by atoms with E-state index in [4.69, 9.17) is 9.90 Å². The molecule has 0 bridgehead atoms. The zero-order chi connectivity index (χ0) is 22.8. The molecule has 0 aromatic carbocycles. The van der Waals surface area contributed by atoms with E-state index in [2.05, 4.69) is 4.98 Å². The summed E-state index contributed by atoms with van der Waals surface area (Å²) in [7, 11) is 0. The van der Waals surface area contributed by atoms with Gasteiger partial charge in [0.05, 0.1) is 10.6 Å². The summed E-state index contributed by atoms with van der Waals surface area (Å²) in [6.07, 6.45) is -0.404. The average molecular weight is 455 g/mol. The number of pyridine rings is 1. The number of aliphatic carboxylic acids is 1. The Bertz CT molecular complexity index is 980. The summed E-state index contributed by atoms with van der Waals surface area (Å²) >= 11 is 1.65. The van der Waals surface area contributed by atoms with Gasteiger partial charge in [-0.05, 0) is 37.6 Å². The third-order valence-corrected chi connectivity index (χ3v) is 6.21. The molecular formula is C20H20F3N3O4S. The predicted octanol–water partition coefficient (Wildman–Crippen LogP) is 3.35. The summed E-state index contributed by atoms with van der Waals surface area (Å²) in [5.41, 5.74) is 0.511. The lowest BCUT2D eigenvalue weighted by molar-refractivity contribution is -0.192. The van der Waals surface area contributed by atoms with Crippen molar-refractivity contribution in [3.8, 4) is 0 Å². The Morgan fingerprint density at radius 3 is 2.48 bits per heavy atom. The maximum Gasteiger partial charge on any atom is 0.490 e. The predicted molar refractivity (Wildman–Crippen MR) is 107 cm³/mol. The molecule has 1 unspecified atom stereocenters. The molecule has 4 heterocycles. The van der Waals surface area contributed by atoms with E-state index in [1.54, 1.807) is 35.9 Å². The monoisotopic (exact) mass is 455 g/mol. The lowest BCUT2D eigenvalue weighted by Gasteiger charge is -2.23. The molecule has 2 aromatic rings. The van der Waals surface area contributed by atoms with Crippen LogP contribution in [0.3, 0.4) is 0 Å². The van der Waals surface area contributed by atoms with Crippen LogP contribution in [0.25, 0.3) is 0 Å². The zero-order valence-corrected chi connectivity index (χ0v) is 17.4. The van der Waals surface area contributed by atoms with Gasteiger partial charge < -0.3 is 14.9 Å². The second-order valence-corrected chi connectivity index (χ2v) is 8.83. The number of hydrogen-bond donors (Lipinski definition) is 1. The van der Waals surface area contributed by atoms with Crippen molar-refractivity contribution >= 4 is 34.1 Å². The van der Waals surface area contributed by atoms with Crippen molar-refractivity contribution in [2.24, 2.45) is 5.41 Å². The van der Waals surface area contributed by atoms with Crippen LogP contribution in [0, 0.1) is 12.3 Å². The molecule has 0 radical (unpaired) electrons. The molecule has 2 aromatic heterocycles. The summed E-state index contributed by atoms with van der Waals surface area (Å²) in [6.45, 7) is 4.11. The zero-order valence-electron chi connectivity index (χ0n) is 16.6. The summed E-state index contributed by atoms with van der Waals surface area (Å²) < 4.78 is 31.7. The fourth-order valence-corrected chi connectivity index (χ4v) is 4.60. The van der Waals surface area contributed by atoms with Crippen LogP contribution in [0.1, 0.15) is 28.1 Å². The number of hydrogen-bond acceptors (Lipinski definition) is 5. The topological polar surface area (TPSA) is 90.8 Å². The highest BCUT2D eigenvalue weighted by Gasteiger charge is 2.49. The number of likely N-dealkylation sites (tertiary alicyclic amines) is 1. The standard InChI is InChI=1S/C18H19N3O2S.C2HF3O2/c1-13-4-5-16(24-13)21-12-18(9-15(21)22)6-8-20(11-18)17(23)14-3-2-7-19-10-14;3-2(4,5)1(6)7/h2-5,7,10H,6,8-9,11-12H2,1H3;(H,6,7). The van der Waals surface area contributed by atoms with Crippen molar-refractivity contribution < 1.29 is 32.7 Å². The van der Waals surface area contributed by atoms with Crippen LogP contribution in [0.5, 0.6) is 0 Å². The Morgan fingerprint density at radius 1 is 1.23 bits per heavy atom. The maximum absolute atomic E-state index is 12.6. The molecule has 0 aliphatic carbocycles. The molecule has 1 N–H and O–H groups in total. The van der Waals surface area contributed by atoms with Gasteiger partial charge in [0.1, 0.15) is 0 Å². The Labute approximate surface area is 180 Å². The Hall–Kier alpha value is -2.95. The molecule has 2 saturated heterocycles. The minimum absolute atomic E-state index is 0.0119. The number of alkyl halides is 3. The van der Waals surface area contributed by atoms with E-state index in [-0.39, 0.29) is 17.2 Å². The van der Waals surface area contributed by atoms with Gasteiger partial charge in [0, 0.05) is 48.7 Å². The summed E-state index contributed by atoms with van der Waals surface area (Å²) in [6, 6.07) is 7.63. The number of amides is 2. The van der Waals surface area contributed by atoms with Gasteiger partial charge in [0.2, 0.25) is 5.91 Å². The fraction of sp³-hybridized carbons (Fsp3) is 0.400. The van der Waals surface area contributed by atoms with Crippen molar-refractivity contribution in [1.82, 2.24) is 9.88 Å². The molecule has 11 heteroatoms. The van der Waals surface area contributed by atoms with Crippen LogP contribution < -0.4 is 4.90 Å². The van der Waals surface area contributed by atoms with Gasteiger partial charge in [-0.25, -0.2) is 4.79 Å². The Morgan fingerprint density at radius 2 is 1.94 bits per heavy atom. The van der Waals surface area contributed by atoms with Crippen LogP contribution in [-0.2, 0) is 9.59 Å². The fourth-order valence-electron chi connectivity index (χ4n) is 3.72. The first-order valence-electron chi connectivity index (χ1n) is 9.37. The first kappa shape index (κ1) is 22.7. The van der Waals surface area contributed by atoms with Crippen LogP contribution in [0.4, 0.5) is 18.2 Å². The third-order valence-electron chi connectivity index (χ3n) is 5.19. The lowest BCUT2D eigenvalue weighted by Crippen LogP contribution is -2.34. The minimum atomic E-state index is -5.08. The summed E-state index contributed by atoms with van der Waals surface area (Å²) in [5, 5.41) is 8.14. The molecule has 2 aliphatic heterocycles. The lowest BCUT2D eigenvalue weighted by atomic mass is 9.86. The van der Waals surface area contributed by atoms with E-state index in [0.29, 0.717) is 31.6 Å². The Balaban J connectivity index is 0.000000339. The summed E-state index contributed by atoms with van der Waals surface area (Å²) in [4.78, 5) is 43.0. The number of anilines is 1. The second-order valence-electron chi connectivity index (χ2n) is 7.56. The number of thiophene rings is 1. The molecule has 7 nitrogen and oxygen atoms in total. The number of aromatic nitrogens is 1. The van der Waals surface area contributed by atoms with Crippen molar-refractivity contribution in [3.63, 3.8) is 0 Å². The van der Waals surface area contributed by atoms with E-state index < -0.39 is 12.1 Å². The van der Waals surface area contributed by atoms with E-state index in [0.717, 1.165) is 11.4 Å². The molecule has 1 atom stereocenters. The van der Waals surface area contributed by atoms with E-state index in [1.807, 2.05) is 28.9 Å². The number of nitrogens with zero attached hydrogens (tertiary/aromatic N) is 3. The third kappa shape index (κ3) is 5.22. The van der Waals surface area contributed by atoms with Crippen molar-refractivity contribution in [1.29, 1.82) is 0 Å². The highest BCUT2D eigenvalue weighted by Crippen LogP contribution is 2.43. The minimum Gasteiger partial charge on any atom is -0.475 e. The van der Waals surface area contributed by atoms with Crippen LogP contribution in [0.2, 0.25) is 0 Å². The highest BCUT2D eigenvalue weighted by molar-refractivity contribution is 7.16. The first-order chi connectivity index (χ1) is 14.5. The number of rotatable bonds is 2. The molecule has 31 heavy (non-hydrogen) atoms. The van der Waals surface area contributed by atoms with Crippen LogP contribution >= 0.6 is 11.3 Å². The summed E-state index contributed by atoms with van der Waals surface area (Å²) in [5.74, 6) is -2.57. The number of halogens is 3. The number of aryl methyl sites for hydroxylation is 1. The SMILES string of the molecule is Cc1ccc(N2CC3(CCN(C(=O)c4cccnc4)C3)CC2=O)s1.O=C(O)C(F)(F)F. The largest absolute Gasteiger partial charge is 0.490 e. The molecule has 4 rings (SSSR count). The molecule has 2 amide bonds. The van der Waals surface area contributed by atoms with Gasteiger partial charge in [-0.15, -0.1) is 11.3 Å². The van der Waals surface area contributed by atoms with Gasteiger partial charge in [0.25, 0.3) is 5.91 Å². The first-order valence-corrected chi connectivity index (χ1v) is 10.2. The molecule has 2 fully saturated rings. The number of carboxylic acid groups (broad SMARTS) is 1. The molecule has 0 saturated carbocycles. The van der Waals surface area contributed by atoms with E-state index in [1.165, 1.54) is 4.88 Å². The van der Waals surface area contributed by atoms with Crippen LogP contribution in [-0.4, -0.2) is 58.6 Å². The van der Waals surface area contributed by atoms with Gasteiger partial charge >= 0.3 is 12.1 Å². The van der Waals surface area contributed by atoms with Crippen molar-refractivity contribution in [2.75, 3.05) is 24.5 Å². The van der Waals surface area contributed by atoms with Gasteiger partial charge in [-0.1, -0.05) is 0 Å². The number of carbonyl (C=O) groups is 3. The Kier molecular flexibility index (Phi) is 6.35. The molecule has 2 aliphatic rings. The van der Waals surface area contributed by atoms with Gasteiger partial charge in [-0.3, -0.25) is 14.6 Å². The van der Waals surface area contributed by atoms with E-state index in [9.17, 15) is 22.8 Å². The molecule has 166 valence electrons. The van der Waals surface area contributed by atoms with Gasteiger partial charge in [0.15, 0.2) is 0 Å². The van der Waals surface area contributed by atoms with Crippen LogP contribution in [0.15, 0.2) is 36.7 Å². The highest BCUT2D eigenvalue weighted by atomic mass is 32.1. The van der Waals surface area contributed by atoms with Crippen molar-refractivity contribution in [3.05, 3.63) is 47.1 Å².